The molecule has 154 valence electrons. The summed E-state index contributed by atoms with van der Waals surface area (Å²) in [6.45, 7) is 1.87. The van der Waals surface area contributed by atoms with Crippen LogP contribution in [0.3, 0.4) is 0 Å². The summed E-state index contributed by atoms with van der Waals surface area (Å²) in [5, 5.41) is 5.96. The molecular formula is C20H27Cl2N3O3. The third-order valence-corrected chi connectivity index (χ3v) is 5.56. The highest BCUT2D eigenvalue weighted by molar-refractivity contribution is 6.39. The van der Waals surface area contributed by atoms with Crippen molar-refractivity contribution >= 4 is 46.6 Å². The van der Waals surface area contributed by atoms with Crippen molar-refractivity contribution in [3.63, 3.8) is 0 Å². The highest BCUT2D eigenvalue weighted by atomic mass is 35.5. The van der Waals surface area contributed by atoms with E-state index in [9.17, 15) is 14.4 Å². The number of hydrogen-bond donors (Lipinski definition) is 2. The molecule has 0 aliphatic heterocycles. The molecule has 6 nitrogen and oxygen atoms in total. The first kappa shape index (κ1) is 22.5. The fourth-order valence-corrected chi connectivity index (χ4v) is 3.85. The van der Waals surface area contributed by atoms with Crippen LogP contribution in [0.5, 0.6) is 0 Å². The van der Waals surface area contributed by atoms with Gasteiger partial charge in [-0.15, -0.1) is 0 Å². The second-order valence-electron chi connectivity index (χ2n) is 7.04. The van der Waals surface area contributed by atoms with Gasteiger partial charge in [-0.25, -0.2) is 0 Å². The zero-order valence-electron chi connectivity index (χ0n) is 16.1. The molecule has 0 atom stereocenters. The summed E-state index contributed by atoms with van der Waals surface area (Å²) in [5.41, 5.74) is 0.320. The third-order valence-electron chi connectivity index (χ3n) is 4.93. The molecule has 1 fully saturated rings. The van der Waals surface area contributed by atoms with E-state index < -0.39 is 5.91 Å². The minimum atomic E-state index is -0.404. The van der Waals surface area contributed by atoms with E-state index >= 15 is 0 Å². The molecule has 1 aromatic rings. The smallest absolute Gasteiger partial charge is 0.244 e. The lowest BCUT2D eigenvalue weighted by atomic mass is 9.87. The van der Waals surface area contributed by atoms with Crippen LogP contribution in [0.25, 0.3) is 0 Å². The van der Waals surface area contributed by atoms with Gasteiger partial charge < -0.3 is 15.5 Å². The number of rotatable bonds is 8. The number of likely N-dealkylation sites (N-methyl/N-ethyl adjacent to an activating group) is 1. The van der Waals surface area contributed by atoms with E-state index in [0.29, 0.717) is 34.6 Å². The maximum Gasteiger partial charge on any atom is 0.244 e. The first-order valence-electron chi connectivity index (χ1n) is 9.69. The Hall–Kier alpha value is -1.79. The van der Waals surface area contributed by atoms with Crippen LogP contribution in [0.4, 0.5) is 5.69 Å². The zero-order chi connectivity index (χ0) is 20.5. The highest BCUT2D eigenvalue weighted by Gasteiger charge is 2.20. The average molecular weight is 428 g/mol. The third kappa shape index (κ3) is 6.99. The van der Waals surface area contributed by atoms with Crippen LogP contribution in [-0.2, 0) is 14.4 Å². The number of amides is 3. The number of benzene rings is 1. The topological polar surface area (TPSA) is 78.5 Å². The van der Waals surface area contributed by atoms with Crippen LogP contribution in [0, 0.1) is 5.92 Å². The lowest BCUT2D eigenvalue weighted by molar-refractivity contribution is -0.135. The number of halogens is 2. The number of nitrogens with zero attached hydrogens (tertiary/aromatic N) is 1. The van der Waals surface area contributed by atoms with E-state index in [1.807, 2.05) is 0 Å². The summed E-state index contributed by atoms with van der Waals surface area (Å²) in [6, 6.07) is 4.92. The van der Waals surface area contributed by atoms with Crippen molar-refractivity contribution in [2.45, 2.75) is 45.4 Å². The molecule has 1 aliphatic carbocycles. The summed E-state index contributed by atoms with van der Waals surface area (Å²) in [6.07, 6.45) is 6.20. The number of carbonyl (C=O) groups excluding carboxylic acids is 3. The standard InChI is InChI=1S/C20H27Cl2N3O3/c1-2-25(13-18(27)24-20-15(21)9-6-10-16(20)22)19(28)12-23-17(26)11-14-7-4-3-5-8-14/h6,9-10,14H,2-5,7-8,11-13H2,1H3,(H,23,26)(H,24,27). The number of para-hydroxylation sites is 1. The quantitative estimate of drug-likeness (QED) is 0.660. The molecular weight excluding hydrogens is 401 g/mol. The molecule has 0 unspecified atom stereocenters. The fraction of sp³-hybridized carbons (Fsp3) is 0.550. The molecule has 3 amide bonds. The molecule has 0 aromatic heterocycles. The van der Waals surface area contributed by atoms with E-state index in [4.69, 9.17) is 23.2 Å². The Bertz CT molecular complexity index is 686. The predicted molar refractivity (Wildman–Crippen MR) is 112 cm³/mol. The Morgan fingerprint density at radius 2 is 1.71 bits per heavy atom. The van der Waals surface area contributed by atoms with Gasteiger partial charge in [0, 0.05) is 13.0 Å². The summed E-state index contributed by atoms with van der Waals surface area (Å²) in [4.78, 5) is 38.1. The maximum absolute atomic E-state index is 12.4. The minimum Gasteiger partial charge on any atom is -0.347 e. The van der Waals surface area contributed by atoms with Crippen LogP contribution in [0.1, 0.15) is 45.4 Å². The van der Waals surface area contributed by atoms with Crippen LogP contribution in [0.15, 0.2) is 18.2 Å². The largest absolute Gasteiger partial charge is 0.347 e. The Labute approximate surface area is 175 Å². The summed E-state index contributed by atoms with van der Waals surface area (Å²) >= 11 is 12.1. The first-order chi connectivity index (χ1) is 13.4. The van der Waals surface area contributed by atoms with Gasteiger partial charge in [-0.2, -0.15) is 0 Å². The average Bonchev–Trinajstić information content (AvgIpc) is 2.68. The lowest BCUT2D eigenvalue weighted by Crippen LogP contribution is -2.43. The number of hydrogen-bond acceptors (Lipinski definition) is 3. The van der Waals surface area contributed by atoms with Crippen molar-refractivity contribution in [1.82, 2.24) is 10.2 Å². The predicted octanol–water partition coefficient (Wildman–Crippen LogP) is 3.87. The Morgan fingerprint density at radius 3 is 2.32 bits per heavy atom. The normalized spacial score (nSPS) is 14.4. The molecule has 1 saturated carbocycles. The first-order valence-corrected chi connectivity index (χ1v) is 10.4. The van der Waals surface area contributed by atoms with Gasteiger partial charge in [0.15, 0.2) is 0 Å². The van der Waals surface area contributed by atoms with Crippen molar-refractivity contribution in [2.75, 3.05) is 25.0 Å². The molecule has 0 spiro atoms. The maximum atomic E-state index is 12.4. The van der Waals surface area contributed by atoms with Gasteiger partial charge in [-0.05, 0) is 37.8 Å². The summed E-state index contributed by atoms with van der Waals surface area (Å²) < 4.78 is 0. The van der Waals surface area contributed by atoms with Crippen molar-refractivity contribution in [3.8, 4) is 0 Å². The molecule has 0 bridgehead atoms. The molecule has 2 N–H and O–H groups in total. The van der Waals surface area contributed by atoms with Gasteiger partial charge in [0.2, 0.25) is 17.7 Å². The van der Waals surface area contributed by atoms with Gasteiger partial charge >= 0.3 is 0 Å². The number of anilines is 1. The Kier molecular flexibility index (Phi) is 9.06. The van der Waals surface area contributed by atoms with Crippen LogP contribution in [0.2, 0.25) is 10.0 Å². The van der Waals surface area contributed by atoms with E-state index in [-0.39, 0.29) is 24.9 Å². The van der Waals surface area contributed by atoms with Crippen LogP contribution in [-0.4, -0.2) is 42.3 Å². The van der Waals surface area contributed by atoms with E-state index in [1.54, 1.807) is 25.1 Å². The van der Waals surface area contributed by atoms with E-state index in [0.717, 1.165) is 12.8 Å². The molecule has 0 heterocycles. The van der Waals surface area contributed by atoms with Crippen LogP contribution >= 0.6 is 23.2 Å². The minimum absolute atomic E-state index is 0.108. The summed E-state index contributed by atoms with van der Waals surface area (Å²) in [7, 11) is 0. The highest BCUT2D eigenvalue weighted by Crippen LogP contribution is 2.29. The summed E-state index contributed by atoms with van der Waals surface area (Å²) in [5.74, 6) is -0.403. The number of nitrogens with one attached hydrogen (secondary N) is 2. The van der Waals surface area contributed by atoms with Gasteiger partial charge in [-0.1, -0.05) is 48.5 Å². The monoisotopic (exact) mass is 427 g/mol. The SMILES string of the molecule is CCN(CC(=O)Nc1c(Cl)cccc1Cl)C(=O)CNC(=O)CC1CCCCC1. The second kappa shape index (κ2) is 11.3. The Morgan fingerprint density at radius 1 is 1.07 bits per heavy atom. The molecule has 1 aliphatic rings. The zero-order valence-corrected chi connectivity index (χ0v) is 17.6. The molecule has 1 aromatic carbocycles. The van der Waals surface area contributed by atoms with E-state index in [2.05, 4.69) is 10.6 Å². The molecule has 2 rings (SSSR count). The lowest BCUT2D eigenvalue weighted by Gasteiger charge is -2.22. The van der Waals surface area contributed by atoms with Gasteiger partial charge in [0.1, 0.15) is 0 Å². The Balaban J connectivity index is 1.80. The van der Waals surface area contributed by atoms with Crippen molar-refractivity contribution < 1.29 is 14.4 Å². The van der Waals surface area contributed by atoms with Crippen molar-refractivity contribution in [1.29, 1.82) is 0 Å². The molecule has 0 saturated heterocycles. The number of carbonyl (C=O) groups is 3. The molecule has 8 heteroatoms. The molecule has 28 heavy (non-hydrogen) atoms. The van der Waals surface area contributed by atoms with E-state index in [1.165, 1.54) is 24.2 Å². The second-order valence-corrected chi connectivity index (χ2v) is 7.85. The van der Waals surface area contributed by atoms with Gasteiger partial charge in [0.25, 0.3) is 0 Å². The van der Waals surface area contributed by atoms with Gasteiger partial charge in [-0.3, -0.25) is 14.4 Å². The molecule has 0 radical (unpaired) electrons. The fourth-order valence-electron chi connectivity index (χ4n) is 3.36. The van der Waals surface area contributed by atoms with Crippen LogP contribution < -0.4 is 10.6 Å². The van der Waals surface area contributed by atoms with Gasteiger partial charge in [0.05, 0.1) is 28.8 Å². The van der Waals surface area contributed by atoms with Crippen molar-refractivity contribution in [3.05, 3.63) is 28.2 Å². The van der Waals surface area contributed by atoms with Crippen molar-refractivity contribution in [2.24, 2.45) is 5.92 Å².